The number of thioether (sulfide) groups is 1. The molecule has 5 nitrogen and oxygen atoms in total. The highest BCUT2D eigenvalue weighted by molar-refractivity contribution is 8.15. The minimum absolute atomic E-state index is 0.0393. The zero-order valence-electron chi connectivity index (χ0n) is 14.0. The number of carbonyl (C=O) groups excluding carboxylic acids is 1. The van der Waals surface area contributed by atoms with Crippen LogP contribution in [0.3, 0.4) is 0 Å². The molecule has 128 valence electrons. The highest BCUT2D eigenvalue weighted by Gasteiger charge is 2.37. The number of furan rings is 1. The predicted molar refractivity (Wildman–Crippen MR) is 102 cm³/mol. The predicted octanol–water partition coefficient (Wildman–Crippen LogP) is 3.65. The molecule has 1 fully saturated rings. The summed E-state index contributed by atoms with van der Waals surface area (Å²) in [7, 11) is 0. The fourth-order valence-electron chi connectivity index (χ4n) is 2.45. The lowest BCUT2D eigenvalue weighted by molar-refractivity contribution is -0.125. The molecule has 1 aromatic carbocycles. The van der Waals surface area contributed by atoms with Crippen molar-refractivity contribution in [1.82, 2.24) is 4.90 Å². The van der Waals surface area contributed by atoms with E-state index in [9.17, 15) is 4.79 Å². The summed E-state index contributed by atoms with van der Waals surface area (Å²) in [4.78, 5) is 14.3. The first kappa shape index (κ1) is 17.2. The molecule has 0 N–H and O–H groups in total. The zero-order valence-corrected chi connectivity index (χ0v) is 14.8. The smallest absolute Gasteiger partial charge is 0.242 e. The van der Waals surface area contributed by atoms with E-state index in [2.05, 4.69) is 41.0 Å². The number of hydrogen-bond acceptors (Lipinski definition) is 5. The number of amides is 1. The Hall–Kier alpha value is -2.60. The first-order chi connectivity index (χ1) is 12.2. The molecule has 0 bridgehead atoms. The molecule has 1 atom stereocenters. The molecule has 6 heteroatoms. The first-order valence-electron chi connectivity index (χ1n) is 7.96. The number of carbonyl (C=O) groups is 1. The van der Waals surface area contributed by atoms with Gasteiger partial charge in [0.05, 0.1) is 17.7 Å². The van der Waals surface area contributed by atoms with Crippen molar-refractivity contribution >= 4 is 29.1 Å². The van der Waals surface area contributed by atoms with Gasteiger partial charge >= 0.3 is 0 Å². The van der Waals surface area contributed by atoms with Crippen molar-refractivity contribution in [2.45, 2.75) is 18.6 Å². The molecular formula is C19H19N3O2S. The van der Waals surface area contributed by atoms with Gasteiger partial charge in [0.15, 0.2) is 5.17 Å². The number of hydrogen-bond donors (Lipinski definition) is 0. The van der Waals surface area contributed by atoms with Crippen LogP contribution >= 0.6 is 11.8 Å². The van der Waals surface area contributed by atoms with Crippen LogP contribution in [-0.4, -0.2) is 34.0 Å². The third-order valence-electron chi connectivity index (χ3n) is 3.74. The molecule has 0 saturated carbocycles. The second-order valence-corrected chi connectivity index (χ2v) is 6.85. The van der Waals surface area contributed by atoms with Crippen molar-refractivity contribution in [2.24, 2.45) is 10.2 Å². The van der Waals surface area contributed by atoms with Gasteiger partial charge in [-0.15, -0.1) is 11.7 Å². The fourth-order valence-corrected chi connectivity index (χ4v) is 3.60. The maximum absolute atomic E-state index is 12.7. The SMILES string of the molecule is C=CCN1C(=O)[C@@H](Cc2ccc(C)cc2)S/C1=N/N=C\c1ccco1. The summed E-state index contributed by atoms with van der Waals surface area (Å²) in [6.07, 6.45) is 5.46. The Morgan fingerprint density at radius 1 is 1.32 bits per heavy atom. The maximum Gasteiger partial charge on any atom is 0.242 e. The lowest BCUT2D eigenvalue weighted by Gasteiger charge is -2.12. The average Bonchev–Trinajstić information content (AvgIpc) is 3.21. The molecular weight excluding hydrogens is 334 g/mol. The molecule has 3 rings (SSSR count). The van der Waals surface area contributed by atoms with Crippen molar-refractivity contribution in [1.29, 1.82) is 0 Å². The van der Waals surface area contributed by atoms with Gasteiger partial charge in [-0.3, -0.25) is 9.69 Å². The second-order valence-electron chi connectivity index (χ2n) is 5.68. The number of amidine groups is 1. The third kappa shape index (κ3) is 4.28. The Labute approximate surface area is 151 Å². The van der Waals surface area contributed by atoms with Gasteiger partial charge in [-0.2, -0.15) is 5.10 Å². The molecule has 0 radical (unpaired) electrons. The zero-order chi connectivity index (χ0) is 17.6. The van der Waals surface area contributed by atoms with Crippen LogP contribution in [0.4, 0.5) is 0 Å². The fraction of sp³-hybridized carbons (Fsp3) is 0.211. The molecule has 1 aromatic heterocycles. The van der Waals surface area contributed by atoms with Gasteiger partial charge in [-0.1, -0.05) is 47.7 Å². The molecule has 0 unspecified atom stereocenters. The van der Waals surface area contributed by atoms with E-state index >= 15 is 0 Å². The first-order valence-corrected chi connectivity index (χ1v) is 8.84. The standard InChI is InChI=1S/C19H19N3O2S/c1-3-10-22-18(23)17(12-15-8-6-14(2)7-9-15)25-19(22)21-20-13-16-5-4-11-24-16/h3-9,11,13,17H,1,10,12H2,2H3/b20-13-,21-19+/t17-/m1/s1. The molecule has 1 amide bonds. The third-order valence-corrected chi connectivity index (χ3v) is 4.91. The van der Waals surface area contributed by atoms with E-state index in [1.807, 2.05) is 6.92 Å². The monoisotopic (exact) mass is 353 g/mol. The Kier molecular flexibility index (Phi) is 5.50. The maximum atomic E-state index is 12.7. The summed E-state index contributed by atoms with van der Waals surface area (Å²) in [5, 5.41) is 8.63. The van der Waals surface area contributed by atoms with E-state index in [4.69, 9.17) is 4.42 Å². The minimum Gasteiger partial charge on any atom is -0.463 e. The Morgan fingerprint density at radius 2 is 2.12 bits per heavy atom. The van der Waals surface area contributed by atoms with Gasteiger partial charge in [0, 0.05) is 6.54 Å². The molecule has 1 saturated heterocycles. The van der Waals surface area contributed by atoms with E-state index in [1.54, 1.807) is 29.4 Å². The topological polar surface area (TPSA) is 58.2 Å². The van der Waals surface area contributed by atoms with Crippen LogP contribution in [-0.2, 0) is 11.2 Å². The normalized spacial score (nSPS) is 19.2. The van der Waals surface area contributed by atoms with Gasteiger partial charge in [-0.05, 0) is 31.0 Å². The summed E-state index contributed by atoms with van der Waals surface area (Å²) in [5.74, 6) is 0.655. The largest absolute Gasteiger partial charge is 0.463 e. The molecule has 1 aliphatic rings. The van der Waals surface area contributed by atoms with E-state index in [0.29, 0.717) is 23.9 Å². The van der Waals surface area contributed by atoms with Crippen molar-refractivity contribution in [3.63, 3.8) is 0 Å². The second kappa shape index (κ2) is 7.98. The Balaban J connectivity index is 1.74. The molecule has 0 aliphatic carbocycles. The lowest BCUT2D eigenvalue weighted by Crippen LogP contribution is -2.32. The van der Waals surface area contributed by atoms with Crippen LogP contribution in [0.1, 0.15) is 16.9 Å². The highest BCUT2D eigenvalue weighted by atomic mass is 32.2. The molecule has 2 heterocycles. The van der Waals surface area contributed by atoms with Gasteiger partial charge in [-0.25, -0.2) is 0 Å². The summed E-state index contributed by atoms with van der Waals surface area (Å²) < 4.78 is 5.18. The average molecular weight is 353 g/mol. The summed E-state index contributed by atoms with van der Waals surface area (Å²) >= 11 is 1.44. The van der Waals surface area contributed by atoms with Crippen molar-refractivity contribution in [3.8, 4) is 0 Å². The van der Waals surface area contributed by atoms with E-state index in [1.165, 1.54) is 23.5 Å². The number of rotatable bonds is 6. The quantitative estimate of drug-likeness (QED) is 0.452. The van der Waals surface area contributed by atoms with Crippen molar-refractivity contribution in [2.75, 3.05) is 6.54 Å². The summed E-state index contributed by atoms with van der Waals surface area (Å²) in [6.45, 7) is 6.19. The summed E-state index contributed by atoms with van der Waals surface area (Å²) in [6, 6.07) is 11.8. The van der Waals surface area contributed by atoms with E-state index in [0.717, 1.165) is 5.56 Å². The van der Waals surface area contributed by atoms with Crippen LogP contribution in [0, 0.1) is 6.92 Å². The van der Waals surface area contributed by atoms with Crippen molar-refractivity contribution in [3.05, 3.63) is 72.2 Å². The van der Waals surface area contributed by atoms with E-state index in [-0.39, 0.29) is 11.2 Å². The molecule has 0 spiro atoms. The van der Waals surface area contributed by atoms with Crippen LogP contribution in [0.5, 0.6) is 0 Å². The van der Waals surface area contributed by atoms with Gasteiger partial charge < -0.3 is 4.42 Å². The van der Waals surface area contributed by atoms with Crippen LogP contribution in [0.25, 0.3) is 0 Å². The molecule has 25 heavy (non-hydrogen) atoms. The van der Waals surface area contributed by atoms with Gasteiger partial charge in [0.25, 0.3) is 0 Å². The van der Waals surface area contributed by atoms with Crippen molar-refractivity contribution < 1.29 is 9.21 Å². The highest BCUT2D eigenvalue weighted by Crippen LogP contribution is 2.30. The number of benzene rings is 1. The Bertz CT molecular complexity index is 795. The van der Waals surface area contributed by atoms with Crippen LogP contribution < -0.4 is 0 Å². The van der Waals surface area contributed by atoms with Gasteiger partial charge in [0.2, 0.25) is 5.91 Å². The number of aryl methyl sites for hydroxylation is 1. The lowest BCUT2D eigenvalue weighted by atomic mass is 10.1. The Morgan fingerprint density at radius 3 is 2.80 bits per heavy atom. The van der Waals surface area contributed by atoms with E-state index < -0.39 is 0 Å². The summed E-state index contributed by atoms with van der Waals surface area (Å²) in [5.41, 5.74) is 2.34. The van der Waals surface area contributed by atoms with Crippen LogP contribution in [0.2, 0.25) is 0 Å². The minimum atomic E-state index is -0.194. The number of nitrogens with zero attached hydrogens (tertiary/aromatic N) is 3. The van der Waals surface area contributed by atoms with Gasteiger partial charge in [0.1, 0.15) is 5.76 Å². The van der Waals surface area contributed by atoms with Crippen LogP contribution in [0.15, 0.2) is 69.9 Å². The molecule has 2 aromatic rings. The molecule has 1 aliphatic heterocycles.